The predicted octanol–water partition coefficient (Wildman–Crippen LogP) is -5.82. The number of nitrogens with one attached hydrogen (secondary N) is 1. The van der Waals surface area contributed by atoms with E-state index in [1.807, 2.05) is 0 Å². The third kappa shape index (κ3) is 3.65. The summed E-state index contributed by atoms with van der Waals surface area (Å²) in [7, 11) is 0. The molecule has 11 nitrogen and oxygen atoms in total. The first-order valence-electron chi connectivity index (χ1n) is 7.18. The number of ether oxygens (including phenoxy) is 2. The topological polar surface area (TPSA) is 192 Å². The first-order valence-corrected chi connectivity index (χ1v) is 7.18. The van der Waals surface area contributed by atoms with Gasteiger partial charge in [0.1, 0.15) is 49.0 Å². The van der Waals surface area contributed by atoms with E-state index in [0.29, 0.717) is 0 Å². The smallest absolute Gasteiger partial charge is 0.173 e. The average Bonchev–Trinajstić information content (AvgIpc) is 2.54. The van der Waals surface area contributed by atoms with E-state index in [-0.39, 0.29) is 0 Å². The fourth-order valence-electron chi connectivity index (χ4n) is 2.71. The van der Waals surface area contributed by atoms with Gasteiger partial charge in [0.25, 0.3) is 0 Å². The van der Waals surface area contributed by atoms with Gasteiger partial charge in [-0.25, -0.2) is 0 Å². The molecule has 0 saturated carbocycles. The minimum atomic E-state index is -1.64. The summed E-state index contributed by atoms with van der Waals surface area (Å²) in [5, 5.41) is 79.5. The van der Waals surface area contributed by atoms with Crippen LogP contribution >= 0.6 is 0 Å². The summed E-state index contributed by atoms with van der Waals surface area (Å²) in [6, 6.07) is -1.31. The molecule has 10 atom stereocenters. The largest absolute Gasteiger partial charge is 0.394 e. The van der Waals surface area contributed by atoms with Crippen LogP contribution in [0.5, 0.6) is 0 Å². The Hall–Kier alpha value is -0.440. The van der Waals surface area contributed by atoms with Gasteiger partial charge in [0.15, 0.2) is 6.29 Å². The molecule has 2 aliphatic rings. The summed E-state index contributed by atoms with van der Waals surface area (Å²) >= 11 is 0. The lowest BCUT2D eigenvalue weighted by molar-refractivity contribution is -0.277. The van der Waals surface area contributed by atoms with Crippen LogP contribution in [0.3, 0.4) is 0 Å². The molecule has 0 radical (unpaired) electrons. The van der Waals surface area contributed by atoms with Crippen LogP contribution in [-0.4, -0.2) is 115 Å². The molecule has 0 bridgehead atoms. The Balaban J connectivity index is 2.08. The molecule has 2 saturated heterocycles. The Morgan fingerprint density at radius 2 is 1.17 bits per heavy atom. The van der Waals surface area contributed by atoms with Crippen LogP contribution < -0.4 is 5.32 Å². The maximum atomic E-state index is 10.0. The summed E-state index contributed by atoms with van der Waals surface area (Å²) in [5.41, 5.74) is 0. The molecule has 136 valence electrons. The van der Waals surface area contributed by atoms with Gasteiger partial charge in [-0.05, 0) is 0 Å². The minimum Gasteiger partial charge on any atom is -0.394 e. The molecule has 23 heavy (non-hydrogen) atoms. The SMILES string of the molecule is OC[C@H]1OC(N[C@H]2C(O)O[C@H](CO)[C@@H](O)[C@@H]2O)[C@H](O)[C@@H](O)[C@H]1O. The van der Waals surface area contributed by atoms with Crippen molar-refractivity contribution in [2.24, 2.45) is 0 Å². The maximum Gasteiger partial charge on any atom is 0.173 e. The van der Waals surface area contributed by atoms with Gasteiger partial charge in [-0.1, -0.05) is 0 Å². The van der Waals surface area contributed by atoms with Crippen molar-refractivity contribution in [3.63, 3.8) is 0 Å². The zero-order valence-corrected chi connectivity index (χ0v) is 12.1. The van der Waals surface area contributed by atoms with Crippen LogP contribution in [0, 0.1) is 0 Å². The second kappa shape index (κ2) is 7.63. The van der Waals surface area contributed by atoms with Gasteiger partial charge in [-0.15, -0.1) is 0 Å². The van der Waals surface area contributed by atoms with E-state index in [2.05, 4.69) is 5.32 Å². The Morgan fingerprint density at radius 1 is 0.652 bits per heavy atom. The molecular formula is C12H23NO10. The highest BCUT2D eigenvalue weighted by Crippen LogP contribution is 2.24. The minimum absolute atomic E-state index is 0.623. The van der Waals surface area contributed by atoms with Gasteiger partial charge in [-0.3, -0.25) is 5.32 Å². The summed E-state index contributed by atoms with van der Waals surface area (Å²) < 4.78 is 10.1. The van der Waals surface area contributed by atoms with Crippen molar-refractivity contribution in [2.45, 2.75) is 61.3 Å². The highest BCUT2D eigenvalue weighted by Gasteiger charge is 2.48. The summed E-state index contributed by atoms with van der Waals surface area (Å²) in [6.45, 7) is -1.26. The van der Waals surface area contributed by atoms with Gasteiger partial charge in [0.2, 0.25) is 0 Å². The third-order valence-corrected chi connectivity index (χ3v) is 4.15. The normalized spacial score (nSPS) is 51.7. The molecule has 0 amide bonds. The van der Waals surface area contributed by atoms with Crippen LogP contribution in [-0.2, 0) is 9.47 Å². The number of hydrogen-bond donors (Lipinski definition) is 9. The monoisotopic (exact) mass is 341 g/mol. The fourth-order valence-corrected chi connectivity index (χ4v) is 2.71. The van der Waals surface area contributed by atoms with Crippen LogP contribution in [0.15, 0.2) is 0 Å². The second-order valence-corrected chi connectivity index (χ2v) is 5.67. The van der Waals surface area contributed by atoms with E-state index < -0.39 is 74.5 Å². The molecule has 0 aromatic heterocycles. The van der Waals surface area contributed by atoms with Crippen molar-refractivity contribution in [1.82, 2.24) is 5.32 Å². The van der Waals surface area contributed by atoms with E-state index in [1.165, 1.54) is 0 Å². The zero-order valence-electron chi connectivity index (χ0n) is 12.1. The number of rotatable bonds is 4. The van der Waals surface area contributed by atoms with Crippen molar-refractivity contribution in [3.05, 3.63) is 0 Å². The van der Waals surface area contributed by atoms with Gasteiger partial charge in [-0.2, -0.15) is 0 Å². The Labute approximate surface area is 131 Å². The molecule has 0 aromatic rings. The Kier molecular flexibility index (Phi) is 6.27. The molecule has 0 aliphatic carbocycles. The van der Waals surface area contributed by atoms with Gasteiger partial charge < -0.3 is 50.3 Å². The summed E-state index contributed by atoms with van der Waals surface area (Å²) in [6.07, 6.45) is -13.2. The molecule has 0 aromatic carbocycles. The Bertz CT molecular complexity index is 385. The van der Waals surface area contributed by atoms with Crippen LogP contribution in [0.1, 0.15) is 0 Å². The number of hydrogen-bond acceptors (Lipinski definition) is 11. The predicted molar refractivity (Wildman–Crippen MR) is 70.7 cm³/mol. The lowest BCUT2D eigenvalue weighted by atomic mass is 9.94. The number of aliphatic hydroxyl groups is 8. The molecule has 2 aliphatic heterocycles. The first-order chi connectivity index (χ1) is 10.8. The zero-order chi connectivity index (χ0) is 17.3. The van der Waals surface area contributed by atoms with Gasteiger partial charge in [0, 0.05) is 0 Å². The molecule has 9 N–H and O–H groups in total. The van der Waals surface area contributed by atoms with Crippen LogP contribution in [0.25, 0.3) is 0 Å². The Morgan fingerprint density at radius 3 is 1.74 bits per heavy atom. The molecule has 2 rings (SSSR count). The molecule has 0 spiro atoms. The van der Waals surface area contributed by atoms with Crippen molar-refractivity contribution < 1.29 is 50.3 Å². The van der Waals surface area contributed by atoms with Crippen molar-refractivity contribution in [3.8, 4) is 0 Å². The fraction of sp³-hybridized carbons (Fsp3) is 1.00. The van der Waals surface area contributed by atoms with E-state index in [1.54, 1.807) is 0 Å². The molecule has 2 unspecified atom stereocenters. The highest BCUT2D eigenvalue weighted by molar-refractivity contribution is 4.97. The maximum absolute atomic E-state index is 10.0. The number of aliphatic hydroxyl groups excluding tert-OH is 8. The molecule has 11 heteroatoms. The second-order valence-electron chi connectivity index (χ2n) is 5.67. The van der Waals surface area contributed by atoms with Crippen molar-refractivity contribution in [2.75, 3.05) is 13.2 Å². The molecular weight excluding hydrogens is 318 g/mol. The lowest BCUT2D eigenvalue weighted by Crippen LogP contribution is -2.69. The highest BCUT2D eigenvalue weighted by atomic mass is 16.6. The van der Waals surface area contributed by atoms with E-state index in [0.717, 1.165) is 0 Å². The summed E-state index contributed by atoms with van der Waals surface area (Å²) in [5.74, 6) is 0. The van der Waals surface area contributed by atoms with Crippen LogP contribution in [0.4, 0.5) is 0 Å². The average molecular weight is 341 g/mol. The quantitative estimate of drug-likeness (QED) is 0.236. The summed E-state index contributed by atoms with van der Waals surface area (Å²) in [4.78, 5) is 0. The standard InChI is InChI=1S/C12H23NO10/c14-1-3-7(17)9(19)10(20)11(22-3)13-5-8(18)6(16)4(2-15)23-12(5)21/h3-21H,1-2H2/t3-,4-,5-,6-,7+,8-,9+,10-,11?,12?/m1/s1. The van der Waals surface area contributed by atoms with Crippen LogP contribution in [0.2, 0.25) is 0 Å². The van der Waals surface area contributed by atoms with Gasteiger partial charge >= 0.3 is 0 Å². The van der Waals surface area contributed by atoms with Crippen molar-refractivity contribution in [1.29, 1.82) is 0 Å². The van der Waals surface area contributed by atoms with E-state index in [4.69, 9.17) is 19.7 Å². The van der Waals surface area contributed by atoms with Crippen molar-refractivity contribution >= 4 is 0 Å². The van der Waals surface area contributed by atoms with E-state index in [9.17, 15) is 30.6 Å². The van der Waals surface area contributed by atoms with Gasteiger partial charge in [0.05, 0.1) is 19.3 Å². The van der Waals surface area contributed by atoms with E-state index >= 15 is 0 Å². The molecule has 2 fully saturated rings. The first kappa shape index (κ1) is 18.9. The third-order valence-electron chi connectivity index (χ3n) is 4.15. The lowest BCUT2D eigenvalue weighted by Gasteiger charge is -2.45. The molecule has 2 heterocycles.